The lowest BCUT2D eigenvalue weighted by Crippen LogP contribution is -2.18. The summed E-state index contributed by atoms with van der Waals surface area (Å²) in [7, 11) is 0. The van der Waals surface area contributed by atoms with Gasteiger partial charge in [0.15, 0.2) is 11.5 Å². The van der Waals surface area contributed by atoms with E-state index >= 15 is 0 Å². The summed E-state index contributed by atoms with van der Waals surface area (Å²) in [4.78, 5) is 4.76. The van der Waals surface area contributed by atoms with E-state index in [2.05, 4.69) is 232 Å². The monoisotopic (exact) mass is 784 g/mol. The second-order valence-electron chi connectivity index (χ2n) is 17.7. The van der Waals surface area contributed by atoms with Crippen LogP contribution in [0.4, 0.5) is 34.1 Å². The molecule has 0 aromatic heterocycles. The van der Waals surface area contributed by atoms with E-state index in [4.69, 9.17) is 4.74 Å². The van der Waals surface area contributed by atoms with Gasteiger partial charge in [-0.3, -0.25) is 0 Å². The van der Waals surface area contributed by atoms with Gasteiger partial charge in [0.1, 0.15) is 0 Å². The minimum absolute atomic E-state index is 0.164. The molecule has 3 heteroatoms. The maximum atomic E-state index is 7.54. The molecule has 292 valence electrons. The Balaban J connectivity index is 1.10. The predicted octanol–water partition coefficient (Wildman–Crippen LogP) is 16.2. The molecule has 0 unspecified atom stereocenters. The van der Waals surface area contributed by atoms with Crippen molar-refractivity contribution in [3.05, 3.63) is 216 Å². The van der Waals surface area contributed by atoms with Gasteiger partial charge in [0.05, 0.1) is 11.4 Å². The minimum Gasteiger partial charge on any atom is -0.452 e. The third kappa shape index (κ3) is 5.17. The molecule has 0 radical (unpaired) electrons. The quantitative estimate of drug-likeness (QED) is 0.167. The van der Waals surface area contributed by atoms with E-state index in [9.17, 15) is 0 Å². The largest absolute Gasteiger partial charge is 0.452 e. The third-order valence-electron chi connectivity index (χ3n) is 13.6. The van der Waals surface area contributed by atoms with Crippen molar-refractivity contribution in [3.63, 3.8) is 0 Å². The van der Waals surface area contributed by atoms with Crippen LogP contribution in [-0.4, -0.2) is 0 Å². The normalized spacial score (nSPS) is 14.3. The number of ether oxygens (including phenoxy) is 1. The van der Waals surface area contributed by atoms with Crippen molar-refractivity contribution >= 4 is 44.9 Å². The zero-order chi connectivity index (χ0) is 41.0. The van der Waals surface area contributed by atoms with Crippen molar-refractivity contribution in [2.75, 3.05) is 9.80 Å². The number of fused-ring (bicyclic) bond motifs is 8. The number of para-hydroxylation sites is 3. The van der Waals surface area contributed by atoms with Crippen molar-refractivity contribution in [3.8, 4) is 44.9 Å². The average Bonchev–Trinajstić information content (AvgIpc) is 3.67. The second-order valence-corrected chi connectivity index (χ2v) is 17.7. The van der Waals surface area contributed by atoms with Gasteiger partial charge < -0.3 is 14.5 Å². The van der Waals surface area contributed by atoms with E-state index in [1.807, 2.05) is 0 Å². The molecule has 0 N–H and O–H groups in total. The van der Waals surface area contributed by atoms with Gasteiger partial charge in [-0.2, -0.15) is 0 Å². The molecule has 0 fully saturated rings. The van der Waals surface area contributed by atoms with Crippen LogP contribution < -0.4 is 14.5 Å². The zero-order valence-electron chi connectivity index (χ0n) is 34.8. The Labute approximate surface area is 357 Å². The van der Waals surface area contributed by atoms with E-state index in [0.29, 0.717) is 0 Å². The van der Waals surface area contributed by atoms with Gasteiger partial charge in [-0.25, -0.2) is 0 Å². The van der Waals surface area contributed by atoms with Crippen molar-refractivity contribution in [1.29, 1.82) is 0 Å². The summed E-state index contributed by atoms with van der Waals surface area (Å²) < 4.78 is 7.54. The molecular weight excluding hydrogens is 741 g/mol. The van der Waals surface area contributed by atoms with Gasteiger partial charge in [0.25, 0.3) is 0 Å². The Kier molecular flexibility index (Phi) is 7.62. The Bertz CT molecular complexity index is 3090. The molecule has 12 rings (SSSR count). The fourth-order valence-electron chi connectivity index (χ4n) is 10.6. The van der Waals surface area contributed by atoms with Crippen LogP contribution in [0.3, 0.4) is 0 Å². The summed E-state index contributed by atoms with van der Waals surface area (Å²) in [5.41, 5.74) is 18.8. The molecule has 3 aliphatic rings. The first kappa shape index (κ1) is 35.6. The number of rotatable bonds is 6. The molecule has 0 saturated heterocycles. The maximum Gasteiger partial charge on any atom is 0.160 e. The lowest BCUT2D eigenvalue weighted by molar-refractivity contribution is 0.489. The molecule has 3 nitrogen and oxygen atoms in total. The van der Waals surface area contributed by atoms with Gasteiger partial charge in [0.2, 0.25) is 0 Å². The molecule has 61 heavy (non-hydrogen) atoms. The lowest BCUT2D eigenvalue weighted by Gasteiger charge is -2.34. The van der Waals surface area contributed by atoms with Crippen molar-refractivity contribution in [2.24, 2.45) is 0 Å². The highest BCUT2D eigenvalue weighted by Gasteiger charge is 2.39. The first-order valence-electron chi connectivity index (χ1n) is 21.4. The molecule has 0 atom stereocenters. The van der Waals surface area contributed by atoms with Crippen LogP contribution in [-0.2, 0) is 10.8 Å². The standard InChI is InChI=1S/C58H44N2O/c1-57(2)48-26-13-11-22-42(48)44-32-30-40(35-50(44)57)60(41-31-33-45-43-23-12-14-27-49(43)58(3,4)51(45)36-41)53-34-29-37-17-15-24-46-47-25-16-28-52(55(47)61-56(53)54(37)46)59(38-18-7-5-8-19-38)39-20-9-6-10-21-39/h5-36H,1-4H3. The van der Waals surface area contributed by atoms with E-state index in [-0.39, 0.29) is 10.8 Å². The molecule has 2 aliphatic carbocycles. The summed E-state index contributed by atoms with van der Waals surface area (Å²) in [6.07, 6.45) is 0. The molecule has 0 saturated carbocycles. The number of benzene rings is 9. The number of hydrogen-bond acceptors (Lipinski definition) is 3. The molecule has 0 amide bonds. The summed E-state index contributed by atoms with van der Waals surface area (Å²) in [5, 5.41) is 2.26. The Morgan fingerprint density at radius 1 is 0.328 bits per heavy atom. The van der Waals surface area contributed by atoms with Crippen LogP contribution in [0.15, 0.2) is 194 Å². The number of hydrogen-bond donors (Lipinski definition) is 0. The topological polar surface area (TPSA) is 15.7 Å². The Morgan fingerprint density at radius 3 is 1.38 bits per heavy atom. The lowest BCUT2D eigenvalue weighted by atomic mass is 9.82. The van der Waals surface area contributed by atoms with E-state index in [1.165, 1.54) is 44.5 Å². The van der Waals surface area contributed by atoms with Crippen LogP contribution in [0.2, 0.25) is 0 Å². The summed E-state index contributed by atoms with van der Waals surface area (Å²) in [6, 6.07) is 70.8. The minimum atomic E-state index is -0.164. The highest BCUT2D eigenvalue weighted by Crippen LogP contribution is 2.58. The van der Waals surface area contributed by atoms with Crippen LogP contribution >= 0.6 is 0 Å². The average molecular weight is 785 g/mol. The van der Waals surface area contributed by atoms with Crippen molar-refractivity contribution in [1.82, 2.24) is 0 Å². The van der Waals surface area contributed by atoms with E-state index in [0.717, 1.165) is 67.5 Å². The molecule has 0 bridgehead atoms. The van der Waals surface area contributed by atoms with E-state index in [1.54, 1.807) is 0 Å². The summed E-state index contributed by atoms with van der Waals surface area (Å²) >= 11 is 0. The van der Waals surface area contributed by atoms with Crippen molar-refractivity contribution < 1.29 is 4.74 Å². The molecule has 0 spiro atoms. The van der Waals surface area contributed by atoms with E-state index < -0.39 is 0 Å². The molecule has 9 aromatic carbocycles. The smallest absolute Gasteiger partial charge is 0.160 e. The van der Waals surface area contributed by atoms with Gasteiger partial charge in [0, 0.05) is 44.5 Å². The zero-order valence-corrected chi connectivity index (χ0v) is 34.8. The van der Waals surface area contributed by atoms with Gasteiger partial charge >= 0.3 is 0 Å². The first-order chi connectivity index (χ1) is 29.8. The maximum absolute atomic E-state index is 7.54. The van der Waals surface area contributed by atoms with Gasteiger partial charge in [-0.15, -0.1) is 0 Å². The predicted molar refractivity (Wildman–Crippen MR) is 254 cm³/mol. The highest BCUT2D eigenvalue weighted by atomic mass is 16.5. The summed E-state index contributed by atoms with van der Waals surface area (Å²) in [5.74, 6) is 1.68. The van der Waals surface area contributed by atoms with Crippen LogP contribution in [0.5, 0.6) is 11.5 Å². The number of anilines is 6. The van der Waals surface area contributed by atoms with Crippen molar-refractivity contribution in [2.45, 2.75) is 38.5 Å². The van der Waals surface area contributed by atoms with Gasteiger partial charge in [-0.1, -0.05) is 161 Å². The molecule has 9 aromatic rings. The third-order valence-corrected chi connectivity index (χ3v) is 13.6. The van der Waals surface area contributed by atoms with Crippen LogP contribution in [0, 0.1) is 0 Å². The molecular formula is C58H44N2O. The Morgan fingerprint density at radius 2 is 0.787 bits per heavy atom. The highest BCUT2D eigenvalue weighted by molar-refractivity contribution is 6.09. The summed E-state index contributed by atoms with van der Waals surface area (Å²) in [6.45, 7) is 9.44. The van der Waals surface area contributed by atoms with Crippen LogP contribution in [0.1, 0.15) is 49.9 Å². The SMILES string of the molecule is CC1(C)c2ccccc2-c2ccc(N(c3ccc4c(c3)C(C)(C)c3ccccc3-4)c3ccc4cccc5c4c3Oc3c-5cccc3N(c3ccccc3)c3ccccc3)cc21. The van der Waals surface area contributed by atoms with Crippen LogP contribution in [0.25, 0.3) is 44.2 Å². The van der Waals surface area contributed by atoms with Gasteiger partial charge in [-0.05, 0) is 116 Å². The second kappa shape index (κ2) is 13.1. The fraction of sp³-hybridized carbons (Fsp3) is 0.103. The number of nitrogens with zero attached hydrogens (tertiary/aromatic N) is 2. The fourth-order valence-corrected chi connectivity index (χ4v) is 10.6. The molecule has 1 heterocycles. The first-order valence-corrected chi connectivity index (χ1v) is 21.4. The molecule has 1 aliphatic heterocycles. The Hall–Kier alpha value is -7.36.